The van der Waals surface area contributed by atoms with E-state index in [-0.39, 0.29) is 24.4 Å². The van der Waals surface area contributed by atoms with E-state index in [4.69, 9.17) is 18.9 Å². The maximum absolute atomic E-state index is 10.8. The first kappa shape index (κ1) is 34.7. The van der Waals surface area contributed by atoms with Crippen molar-refractivity contribution in [3.8, 4) is 11.5 Å². The van der Waals surface area contributed by atoms with Crippen LogP contribution in [0.15, 0.2) is 48.5 Å². The fourth-order valence-electron chi connectivity index (χ4n) is 6.59. The summed E-state index contributed by atoms with van der Waals surface area (Å²) in [6.07, 6.45) is 14.6. The second-order valence-corrected chi connectivity index (χ2v) is 12.9. The van der Waals surface area contributed by atoms with Gasteiger partial charge in [0.25, 0.3) is 0 Å². The summed E-state index contributed by atoms with van der Waals surface area (Å²) in [5.41, 5.74) is 2.71. The molecule has 44 heavy (non-hydrogen) atoms. The Kier molecular flexibility index (Phi) is 15.3. The first-order valence-electron chi connectivity index (χ1n) is 17.7. The Labute approximate surface area is 266 Å². The summed E-state index contributed by atoms with van der Waals surface area (Å²) in [6.45, 7) is 5.81. The minimum Gasteiger partial charge on any atom is -0.494 e. The molecule has 2 saturated heterocycles. The predicted octanol–water partition coefficient (Wildman–Crippen LogP) is 7.99. The Balaban J connectivity index is 1.01. The summed E-state index contributed by atoms with van der Waals surface area (Å²) in [5, 5.41) is 21.5. The summed E-state index contributed by atoms with van der Waals surface area (Å²) in [5.74, 6) is 1.87. The number of benzene rings is 2. The van der Waals surface area contributed by atoms with Crippen molar-refractivity contribution < 1.29 is 29.2 Å². The highest BCUT2D eigenvalue weighted by molar-refractivity contribution is 5.28. The molecule has 0 bridgehead atoms. The lowest BCUT2D eigenvalue weighted by Gasteiger charge is -2.24. The second-order valence-electron chi connectivity index (χ2n) is 12.9. The zero-order valence-electron chi connectivity index (χ0n) is 27.3. The van der Waals surface area contributed by atoms with Gasteiger partial charge < -0.3 is 29.2 Å². The van der Waals surface area contributed by atoms with E-state index in [0.29, 0.717) is 13.2 Å². The predicted molar refractivity (Wildman–Crippen MR) is 177 cm³/mol. The smallest absolute Gasteiger partial charge is 0.119 e. The zero-order chi connectivity index (χ0) is 31.0. The lowest BCUT2D eigenvalue weighted by Crippen LogP contribution is -2.33. The van der Waals surface area contributed by atoms with E-state index >= 15 is 0 Å². The Morgan fingerprint density at radius 2 is 1.00 bits per heavy atom. The summed E-state index contributed by atoms with van der Waals surface area (Å²) < 4.78 is 24.3. The van der Waals surface area contributed by atoms with Crippen LogP contribution in [0.5, 0.6) is 11.5 Å². The van der Waals surface area contributed by atoms with Gasteiger partial charge in [0.2, 0.25) is 0 Å². The molecule has 0 spiro atoms. The van der Waals surface area contributed by atoms with Crippen molar-refractivity contribution in [2.45, 2.75) is 153 Å². The van der Waals surface area contributed by atoms with Crippen molar-refractivity contribution in [3.05, 3.63) is 59.7 Å². The molecule has 6 nitrogen and oxygen atoms in total. The number of aliphatic hydroxyl groups excluding tert-OH is 2. The SMILES string of the molecule is CCCc1ccc(OCCCCC[C@H](O)[C@@H]2CC[C@@H]([C@@H]3CC[C@@H]([C@@H](O)CCCCCOc4ccc(CCC)cc4)O3)O2)cc1. The van der Waals surface area contributed by atoms with Crippen molar-refractivity contribution >= 4 is 0 Å². The molecule has 2 aliphatic rings. The first-order chi connectivity index (χ1) is 21.6. The van der Waals surface area contributed by atoms with Crippen LogP contribution in [0.25, 0.3) is 0 Å². The molecule has 2 fully saturated rings. The van der Waals surface area contributed by atoms with Crippen LogP contribution in [0.2, 0.25) is 0 Å². The van der Waals surface area contributed by atoms with Gasteiger partial charge in [-0.1, -0.05) is 63.8 Å². The molecule has 6 atom stereocenters. The molecule has 0 unspecified atom stereocenters. The third-order valence-corrected chi connectivity index (χ3v) is 9.19. The van der Waals surface area contributed by atoms with Gasteiger partial charge in [0.15, 0.2) is 0 Å². The molecule has 2 aromatic carbocycles. The molecule has 246 valence electrons. The Morgan fingerprint density at radius 3 is 1.39 bits per heavy atom. The van der Waals surface area contributed by atoms with Gasteiger partial charge in [-0.15, -0.1) is 0 Å². The third kappa shape index (κ3) is 11.7. The van der Waals surface area contributed by atoms with Crippen LogP contribution in [0.3, 0.4) is 0 Å². The van der Waals surface area contributed by atoms with Gasteiger partial charge in [-0.05, 0) is 112 Å². The highest BCUT2D eigenvalue weighted by Gasteiger charge is 2.40. The van der Waals surface area contributed by atoms with Crippen molar-refractivity contribution in [1.29, 1.82) is 0 Å². The van der Waals surface area contributed by atoms with Crippen molar-refractivity contribution in [1.82, 2.24) is 0 Å². The number of hydrogen-bond acceptors (Lipinski definition) is 6. The van der Waals surface area contributed by atoms with Gasteiger partial charge in [0.1, 0.15) is 11.5 Å². The highest BCUT2D eigenvalue weighted by Crippen LogP contribution is 2.34. The van der Waals surface area contributed by atoms with Crippen LogP contribution in [0, 0.1) is 0 Å². The fourth-order valence-corrected chi connectivity index (χ4v) is 6.59. The summed E-state index contributed by atoms with van der Waals surface area (Å²) in [7, 11) is 0. The molecular weight excluding hydrogens is 552 g/mol. The van der Waals surface area contributed by atoms with E-state index < -0.39 is 12.2 Å². The minimum absolute atomic E-state index is 0.0251. The first-order valence-corrected chi connectivity index (χ1v) is 17.7. The molecule has 4 rings (SSSR count). The maximum Gasteiger partial charge on any atom is 0.119 e. The lowest BCUT2D eigenvalue weighted by molar-refractivity contribution is -0.110. The van der Waals surface area contributed by atoms with Crippen LogP contribution < -0.4 is 9.47 Å². The van der Waals surface area contributed by atoms with Crippen LogP contribution in [0.1, 0.15) is 115 Å². The molecule has 2 aromatic rings. The molecule has 2 N–H and O–H groups in total. The van der Waals surface area contributed by atoms with E-state index in [2.05, 4.69) is 62.4 Å². The van der Waals surface area contributed by atoms with Crippen LogP contribution >= 0.6 is 0 Å². The molecular formula is C38H58O6. The van der Waals surface area contributed by atoms with E-state index in [1.807, 2.05) is 0 Å². The normalized spacial score (nSPS) is 23.1. The van der Waals surface area contributed by atoms with Gasteiger partial charge >= 0.3 is 0 Å². The van der Waals surface area contributed by atoms with E-state index in [9.17, 15) is 10.2 Å². The van der Waals surface area contributed by atoms with Gasteiger partial charge in [-0.3, -0.25) is 0 Å². The number of hydrogen-bond donors (Lipinski definition) is 2. The largest absolute Gasteiger partial charge is 0.494 e. The number of aliphatic hydroxyl groups is 2. The molecule has 0 saturated carbocycles. The zero-order valence-corrected chi connectivity index (χ0v) is 27.3. The van der Waals surface area contributed by atoms with Gasteiger partial charge in [-0.25, -0.2) is 0 Å². The monoisotopic (exact) mass is 610 g/mol. The average molecular weight is 611 g/mol. The minimum atomic E-state index is -0.431. The molecule has 2 heterocycles. The Bertz CT molecular complexity index is 941. The number of rotatable bonds is 21. The van der Waals surface area contributed by atoms with Gasteiger partial charge in [0, 0.05) is 0 Å². The van der Waals surface area contributed by atoms with E-state index in [1.165, 1.54) is 11.1 Å². The quantitative estimate of drug-likeness (QED) is 0.140. The second kappa shape index (κ2) is 19.4. The summed E-state index contributed by atoms with van der Waals surface area (Å²) in [4.78, 5) is 0. The molecule has 6 heteroatoms. The molecule has 0 aromatic heterocycles. The Morgan fingerprint density at radius 1 is 0.591 bits per heavy atom. The van der Waals surface area contributed by atoms with Gasteiger partial charge in [-0.2, -0.15) is 0 Å². The average Bonchev–Trinajstić information content (AvgIpc) is 3.73. The van der Waals surface area contributed by atoms with Crippen LogP contribution in [-0.4, -0.2) is 60.1 Å². The van der Waals surface area contributed by atoms with Crippen molar-refractivity contribution in [2.24, 2.45) is 0 Å². The standard InChI is InChI=1S/C38H58O6/c1-3-11-29-15-19-31(20-16-29)41-27-9-5-7-13-33(39)35-23-25-37(43-35)38-26-24-36(44-38)34(40)14-8-6-10-28-42-32-21-17-30(12-4-2)18-22-32/h15-22,33-40H,3-14,23-28H2,1-2H3/t33-,34-,35-,36-,37-,38-/m0/s1. The van der Waals surface area contributed by atoms with Crippen LogP contribution in [0.4, 0.5) is 0 Å². The van der Waals surface area contributed by atoms with Crippen molar-refractivity contribution in [3.63, 3.8) is 0 Å². The van der Waals surface area contributed by atoms with E-state index in [0.717, 1.165) is 114 Å². The fraction of sp³-hybridized carbons (Fsp3) is 0.684. The summed E-state index contributed by atoms with van der Waals surface area (Å²) >= 11 is 0. The highest BCUT2D eigenvalue weighted by atomic mass is 16.6. The molecule has 0 amide bonds. The number of ether oxygens (including phenoxy) is 4. The molecule has 2 aliphatic heterocycles. The Hall–Kier alpha value is -2.12. The van der Waals surface area contributed by atoms with Crippen LogP contribution in [-0.2, 0) is 22.3 Å². The maximum atomic E-state index is 10.8. The third-order valence-electron chi connectivity index (χ3n) is 9.19. The van der Waals surface area contributed by atoms with Crippen molar-refractivity contribution in [2.75, 3.05) is 13.2 Å². The number of aryl methyl sites for hydroxylation is 2. The van der Waals surface area contributed by atoms with E-state index in [1.54, 1.807) is 0 Å². The molecule has 0 aliphatic carbocycles. The number of unbranched alkanes of at least 4 members (excludes halogenated alkanes) is 4. The summed E-state index contributed by atoms with van der Waals surface area (Å²) in [6, 6.07) is 16.8. The lowest BCUT2D eigenvalue weighted by atomic mass is 10.0. The van der Waals surface area contributed by atoms with Gasteiger partial charge in [0.05, 0.1) is 49.8 Å². The topological polar surface area (TPSA) is 77.4 Å². The molecule has 0 radical (unpaired) electrons.